The van der Waals surface area contributed by atoms with Crippen LogP contribution < -0.4 is 5.73 Å². The van der Waals surface area contributed by atoms with Gasteiger partial charge in [0.25, 0.3) is 0 Å². The Kier molecular flexibility index (Phi) is 9.74. The van der Waals surface area contributed by atoms with E-state index in [1.165, 1.54) is 0 Å². The standard InChI is InChI=1S/C9H19NO2.ClH/c1-4-12-9(11)6-8(10)5-7(2)3;/h7-8H,4-6,10H2,1-3H3;1H. The molecule has 0 fully saturated rings. The molecule has 0 heterocycles. The predicted molar refractivity (Wildman–Crippen MR) is 55.9 cm³/mol. The second-order valence-corrected chi connectivity index (χ2v) is 3.40. The van der Waals surface area contributed by atoms with Crippen LogP contribution in [0.3, 0.4) is 0 Å². The average Bonchev–Trinajstić information content (AvgIpc) is 1.84. The molecule has 3 nitrogen and oxygen atoms in total. The van der Waals surface area contributed by atoms with Gasteiger partial charge in [0.2, 0.25) is 0 Å². The summed E-state index contributed by atoms with van der Waals surface area (Å²) in [6.45, 7) is 6.41. The number of esters is 1. The molecule has 0 aliphatic rings. The van der Waals surface area contributed by atoms with Crippen molar-refractivity contribution in [2.24, 2.45) is 11.7 Å². The van der Waals surface area contributed by atoms with E-state index in [4.69, 9.17) is 10.5 Å². The Morgan fingerprint density at radius 1 is 1.46 bits per heavy atom. The molecular weight excluding hydrogens is 190 g/mol. The maximum Gasteiger partial charge on any atom is 0.307 e. The quantitative estimate of drug-likeness (QED) is 0.702. The van der Waals surface area contributed by atoms with Gasteiger partial charge in [-0.2, -0.15) is 0 Å². The Hall–Kier alpha value is -0.280. The molecule has 0 amide bonds. The van der Waals surface area contributed by atoms with Crippen molar-refractivity contribution in [2.45, 2.75) is 39.7 Å². The molecule has 0 aromatic rings. The minimum absolute atomic E-state index is 0. The molecule has 0 aromatic carbocycles. The lowest BCUT2D eigenvalue weighted by molar-refractivity contribution is -0.143. The van der Waals surface area contributed by atoms with E-state index in [0.29, 0.717) is 18.9 Å². The fraction of sp³-hybridized carbons (Fsp3) is 0.889. The van der Waals surface area contributed by atoms with Crippen molar-refractivity contribution in [3.63, 3.8) is 0 Å². The number of hydrogen-bond donors (Lipinski definition) is 1. The van der Waals surface area contributed by atoms with E-state index >= 15 is 0 Å². The largest absolute Gasteiger partial charge is 0.466 e. The van der Waals surface area contributed by atoms with Crippen molar-refractivity contribution >= 4 is 18.4 Å². The molecule has 1 atom stereocenters. The summed E-state index contributed by atoms with van der Waals surface area (Å²) in [4.78, 5) is 10.9. The summed E-state index contributed by atoms with van der Waals surface area (Å²) in [6.07, 6.45) is 1.21. The summed E-state index contributed by atoms with van der Waals surface area (Å²) in [5.41, 5.74) is 5.70. The van der Waals surface area contributed by atoms with Gasteiger partial charge in [-0.1, -0.05) is 13.8 Å². The van der Waals surface area contributed by atoms with Crippen LogP contribution in [0.15, 0.2) is 0 Å². The van der Waals surface area contributed by atoms with Gasteiger partial charge in [-0.05, 0) is 19.3 Å². The highest BCUT2D eigenvalue weighted by molar-refractivity contribution is 5.85. The van der Waals surface area contributed by atoms with Crippen LogP contribution >= 0.6 is 12.4 Å². The maximum atomic E-state index is 10.9. The zero-order chi connectivity index (χ0) is 9.56. The van der Waals surface area contributed by atoms with Crippen LogP contribution in [0.25, 0.3) is 0 Å². The van der Waals surface area contributed by atoms with Gasteiger partial charge in [-0.15, -0.1) is 12.4 Å². The zero-order valence-electron chi connectivity index (χ0n) is 8.58. The number of nitrogens with two attached hydrogens (primary N) is 1. The Bertz CT molecular complexity index is 140. The fourth-order valence-corrected chi connectivity index (χ4v) is 1.12. The smallest absolute Gasteiger partial charge is 0.307 e. The van der Waals surface area contributed by atoms with Gasteiger partial charge >= 0.3 is 5.97 Å². The topological polar surface area (TPSA) is 52.3 Å². The molecule has 0 radical (unpaired) electrons. The number of ether oxygens (including phenoxy) is 1. The summed E-state index contributed by atoms with van der Waals surface area (Å²) in [6, 6.07) is -0.0518. The Morgan fingerprint density at radius 2 is 2.00 bits per heavy atom. The monoisotopic (exact) mass is 209 g/mol. The van der Waals surface area contributed by atoms with Crippen LogP contribution in [0.5, 0.6) is 0 Å². The first kappa shape index (κ1) is 15.2. The Morgan fingerprint density at radius 3 is 2.38 bits per heavy atom. The first-order valence-electron chi connectivity index (χ1n) is 4.47. The maximum absolute atomic E-state index is 10.9. The number of hydrogen-bond acceptors (Lipinski definition) is 3. The molecule has 0 aromatic heterocycles. The minimum Gasteiger partial charge on any atom is -0.466 e. The van der Waals surface area contributed by atoms with Crippen molar-refractivity contribution < 1.29 is 9.53 Å². The van der Waals surface area contributed by atoms with Crippen LogP contribution in [0, 0.1) is 5.92 Å². The van der Waals surface area contributed by atoms with Gasteiger partial charge in [0.05, 0.1) is 13.0 Å². The first-order chi connectivity index (χ1) is 5.56. The summed E-state index contributed by atoms with van der Waals surface area (Å²) >= 11 is 0. The SMILES string of the molecule is CCOC(=O)CC(N)CC(C)C.Cl. The van der Waals surface area contributed by atoms with Crippen molar-refractivity contribution in [2.75, 3.05) is 6.61 Å². The minimum atomic E-state index is -0.189. The van der Waals surface area contributed by atoms with E-state index in [1.807, 2.05) is 0 Å². The summed E-state index contributed by atoms with van der Waals surface area (Å²) in [7, 11) is 0. The lowest BCUT2D eigenvalue weighted by Gasteiger charge is -2.12. The molecule has 0 spiro atoms. The number of carbonyl (C=O) groups excluding carboxylic acids is 1. The van der Waals surface area contributed by atoms with Crippen LogP contribution in [0.2, 0.25) is 0 Å². The Labute approximate surface area is 86.4 Å². The van der Waals surface area contributed by atoms with Crippen molar-refractivity contribution in [1.82, 2.24) is 0 Å². The van der Waals surface area contributed by atoms with Crippen LogP contribution in [-0.2, 0) is 9.53 Å². The summed E-state index contributed by atoms with van der Waals surface area (Å²) in [5.74, 6) is 0.347. The molecule has 0 saturated heterocycles. The van der Waals surface area contributed by atoms with Crippen molar-refractivity contribution in [3.05, 3.63) is 0 Å². The molecule has 0 rings (SSSR count). The second-order valence-electron chi connectivity index (χ2n) is 3.40. The van der Waals surface area contributed by atoms with Gasteiger partial charge in [-0.25, -0.2) is 0 Å². The first-order valence-corrected chi connectivity index (χ1v) is 4.47. The molecule has 13 heavy (non-hydrogen) atoms. The van der Waals surface area contributed by atoms with Gasteiger partial charge in [0, 0.05) is 6.04 Å². The lowest BCUT2D eigenvalue weighted by Crippen LogP contribution is -2.26. The second kappa shape index (κ2) is 8.32. The highest BCUT2D eigenvalue weighted by Gasteiger charge is 2.11. The Balaban J connectivity index is 0. The molecule has 80 valence electrons. The van der Waals surface area contributed by atoms with Crippen molar-refractivity contribution in [3.8, 4) is 0 Å². The molecule has 0 saturated carbocycles. The summed E-state index contributed by atoms with van der Waals surface area (Å²) < 4.78 is 4.78. The van der Waals surface area contributed by atoms with Gasteiger partial charge < -0.3 is 10.5 Å². The molecule has 0 aliphatic heterocycles. The molecular formula is C9H20ClNO2. The molecule has 0 bridgehead atoms. The normalized spacial score (nSPS) is 12.1. The molecule has 2 N–H and O–H groups in total. The number of halogens is 1. The molecule has 0 aliphatic carbocycles. The highest BCUT2D eigenvalue weighted by atomic mass is 35.5. The number of rotatable bonds is 5. The third-order valence-electron chi connectivity index (χ3n) is 1.51. The van der Waals surface area contributed by atoms with Gasteiger partial charge in [0.15, 0.2) is 0 Å². The van der Waals surface area contributed by atoms with Gasteiger partial charge in [0.1, 0.15) is 0 Å². The fourth-order valence-electron chi connectivity index (χ4n) is 1.12. The van der Waals surface area contributed by atoms with E-state index in [9.17, 15) is 4.79 Å². The lowest BCUT2D eigenvalue weighted by atomic mass is 10.0. The average molecular weight is 210 g/mol. The number of carbonyl (C=O) groups is 1. The molecule has 4 heteroatoms. The summed E-state index contributed by atoms with van der Waals surface area (Å²) in [5, 5.41) is 0. The van der Waals surface area contributed by atoms with Crippen LogP contribution in [-0.4, -0.2) is 18.6 Å². The zero-order valence-corrected chi connectivity index (χ0v) is 9.39. The van der Waals surface area contributed by atoms with E-state index in [2.05, 4.69) is 13.8 Å². The van der Waals surface area contributed by atoms with Crippen molar-refractivity contribution in [1.29, 1.82) is 0 Å². The van der Waals surface area contributed by atoms with E-state index < -0.39 is 0 Å². The van der Waals surface area contributed by atoms with Crippen LogP contribution in [0.1, 0.15) is 33.6 Å². The van der Waals surface area contributed by atoms with Crippen LogP contribution in [0.4, 0.5) is 0 Å². The van der Waals surface area contributed by atoms with Gasteiger partial charge in [-0.3, -0.25) is 4.79 Å². The molecule has 1 unspecified atom stereocenters. The highest BCUT2D eigenvalue weighted by Crippen LogP contribution is 2.06. The van der Waals surface area contributed by atoms with E-state index in [0.717, 1.165) is 6.42 Å². The third kappa shape index (κ3) is 9.64. The third-order valence-corrected chi connectivity index (χ3v) is 1.51. The predicted octanol–water partition coefficient (Wildman–Crippen LogP) is 1.73. The van der Waals surface area contributed by atoms with E-state index in [-0.39, 0.29) is 24.4 Å². The van der Waals surface area contributed by atoms with E-state index in [1.54, 1.807) is 6.92 Å².